The SMILES string of the molecule is COc1ccc(-c2ccc(=O)n(CCNC(=O)c3cc(-c4ccc(F)cc4)nn3C)n2)cc1. The van der Waals surface area contributed by atoms with E-state index in [-0.39, 0.29) is 30.4 Å². The van der Waals surface area contributed by atoms with E-state index in [4.69, 9.17) is 4.74 Å². The van der Waals surface area contributed by atoms with Crippen LogP contribution in [0.2, 0.25) is 0 Å². The van der Waals surface area contributed by atoms with Crippen molar-refractivity contribution in [3.8, 4) is 28.3 Å². The van der Waals surface area contributed by atoms with Crippen molar-refractivity contribution in [1.29, 1.82) is 0 Å². The minimum atomic E-state index is -0.340. The summed E-state index contributed by atoms with van der Waals surface area (Å²) in [4.78, 5) is 24.9. The number of carbonyl (C=O) groups is 1. The Hall–Kier alpha value is -4.27. The normalized spacial score (nSPS) is 10.8. The summed E-state index contributed by atoms with van der Waals surface area (Å²) in [5, 5.41) is 11.5. The van der Waals surface area contributed by atoms with E-state index in [1.165, 1.54) is 27.6 Å². The Morgan fingerprint density at radius 1 is 0.970 bits per heavy atom. The number of aromatic nitrogens is 4. The van der Waals surface area contributed by atoms with E-state index >= 15 is 0 Å². The summed E-state index contributed by atoms with van der Waals surface area (Å²) in [6.45, 7) is 0.409. The van der Waals surface area contributed by atoms with E-state index < -0.39 is 0 Å². The number of aryl methyl sites for hydroxylation is 1. The number of hydrogen-bond donors (Lipinski definition) is 1. The van der Waals surface area contributed by atoms with Crippen LogP contribution in [0, 0.1) is 5.82 Å². The van der Waals surface area contributed by atoms with Crippen LogP contribution >= 0.6 is 0 Å². The third-order valence-corrected chi connectivity index (χ3v) is 5.11. The predicted molar refractivity (Wildman–Crippen MR) is 121 cm³/mol. The van der Waals surface area contributed by atoms with Crippen LogP contribution in [0.4, 0.5) is 4.39 Å². The molecule has 0 bridgehead atoms. The number of hydrogen-bond acceptors (Lipinski definition) is 5. The summed E-state index contributed by atoms with van der Waals surface area (Å²) < 4.78 is 21.1. The molecule has 33 heavy (non-hydrogen) atoms. The molecular weight excluding hydrogens is 425 g/mol. The minimum absolute atomic E-state index is 0.203. The van der Waals surface area contributed by atoms with Gasteiger partial charge in [0.15, 0.2) is 0 Å². The lowest BCUT2D eigenvalue weighted by atomic mass is 10.1. The van der Waals surface area contributed by atoms with Crippen LogP contribution < -0.4 is 15.6 Å². The smallest absolute Gasteiger partial charge is 0.269 e. The fourth-order valence-corrected chi connectivity index (χ4v) is 3.33. The molecule has 2 aromatic heterocycles. The van der Waals surface area contributed by atoms with Crippen molar-refractivity contribution >= 4 is 5.91 Å². The van der Waals surface area contributed by atoms with E-state index in [2.05, 4.69) is 15.5 Å². The monoisotopic (exact) mass is 447 g/mol. The van der Waals surface area contributed by atoms with Gasteiger partial charge in [0.2, 0.25) is 0 Å². The first kappa shape index (κ1) is 21.9. The van der Waals surface area contributed by atoms with E-state index in [1.807, 2.05) is 24.3 Å². The number of rotatable bonds is 7. The standard InChI is InChI=1S/C24H22FN5O3/c1-29-22(15-21(27-29)17-3-7-18(25)8-4-17)24(32)26-13-14-30-23(31)12-11-20(28-30)16-5-9-19(33-2)10-6-16/h3-12,15H,13-14H2,1-2H3,(H,26,32). The number of nitrogens with one attached hydrogen (secondary N) is 1. The molecule has 1 amide bonds. The number of amides is 1. The molecule has 4 rings (SSSR count). The van der Waals surface area contributed by atoms with Gasteiger partial charge in [0.05, 0.1) is 25.0 Å². The maximum atomic E-state index is 13.2. The Morgan fingerprint density at radius 2 is 1.64 bits per heavy atom. The molecule has 0 aliphatic carbocycles. The second-order valence-electron chi connectivity index (χ2n) is 7.31. The zero-order chi connectivity index (χ0) is 23.4. The lowest BCUT2D eigenvalue weighted by molar-refractivity contribution is 0.0942. The molecule has 0 aliphatic rings. The molecule has 0 unspecified atom stereocenters. The van der Waals surface area contributed by atoms with Crippen molar-refractivity contribution < 1.29 is 13.9 Å². The third kappa shape index (κ3) is 4.98. The van der Waals surface area contributed by atoms with Gasteiger partial charge in [-0.05, 0) is 60.7 Å². The fraction of sp³-hybridized carbons (Fsp3) is 0.167. The van der Waals surface area contributed by atoms with Gasteiger partial charge in [-0.3, -0.25) is 14.3 Å². The average Bonchev–Trinajstić information content (AvgIpc) is 3.22. The van der Waals surface area contributed by atoms with Crippen LogP contribution in [0.1, 0.15) is 10.5 Å². The highest BCUT2D eigenvalue weighted by atomic mass is 19.1. The van der Waals surface area contributed by atoms with Gasteiger partial charge in [0, 0.05) is 30.8 Å². The largest absolute Gasteiger partial charge is 0.497 e. The van der Waals surface area contributed by atoms with Crippen molar-refractivity contribution in [3.63, 3.8) is 0 Å². The number of halogens is 1. The highest BCUT2D eigenvalue weighted by Gasteiger charge is 2.14. The van der Waals surface area contributed by atoms with Gasteiger partial charge in [0.1, 0.15) is 17.3 Å². The molecule has 2 aromatic carbocycles. The van der Waals surface area contributed by atoms with E-state index in [1.54, 1.807) is 38.4 Å². The minimum Gasteiger partial charge on any atom is -0.497 e. The zero-order valence-corrected chi connectivity index (χ0v) is 18.2. The molecule has 0 radical (unpaired) electrons. The van der Waals surface area contributed by atoms with Gasteiger partial charge < -0.3 is 10.1 Å². The number of nitrogens with zero attached hydrogens (tertiary/aromatic N) is 4. The summed E-state index contributed by atoms with van der Waals surface area (Å²) in [7, 11) is 3.25. The molecule has 0 spiro atoms. The predicted octanol–water partition coefficient (Wildman–Crippen LogP) is 2.89. The van der Waals surface area contributed by atoms with Gasteiger partial charge >= 0.3 is 0 Å². The second-order valence-corrected chi connectivity index (χ2v) is 7.31. The van der Waals surface area contributed by atoms with Crippen LogP contribution in [0.5, 0.6) is 5.75 Å². The van der Waals surface area contributed by atoms with Gasteiger partial charge in [-0.15, -0.1) is 0 Å². The quantitative estimate of drug-likeness (QED) is 0.471. The molecule has 168 valence electrons. The first-order chi connectivity index (χ1) is 15.9. The molecule has 0 saturated carbocycles. The van der Waals surface area contributed by atoms with E-state index in [0.717, 1.165) is 11.3 Å². The lowest BCUT2D eigenvalue weighted by Gasteiger charge is -2.09. The van der Waals surface area contributed by atoms with Gasteiger partial charge in [0.25, 0.3) is 11.5 Å². The molecule has 1 N–H and O–H groups in total. The first-order valence-electron chi connectivity index (χ1n) is 10.3. The van der Waals surface area contributed by atoms with Gasteiger partial charge in [-0.2, -0.15) is 10.2 Å². The molecule has 0 fully saturated rings. The van der Waals surface area contributed by atoms with E-state index in [0.29, 0.717) is 22.6 Å². The first-order valence-corrected chi connectivity index (χ1v) is 10.3. The van der Waals surface area contributed by atoms with Crippen molar-refractivity contribution in [3.05, 3.63) is 88.6 Å². The molecule has 2 heterocycles. The number of benzene rings is 2. The Labute approximate surface area is 189 Å². The summed E-state index contributed by atoms with van der Waals surface area (Å²) in [5.41, 5.74) is 2.84. The summed E-state index contributed by atoms with van der Waals surface area (Å²) in [5.74, 6) is 0.0535. The maximum Gasteiger partial charge on any atom is 0.269 e. The Kier molecular flexibility index (Phi) is 6.30. The maximum absolute atomic E-state index is 13.2. The lowest BCUT2D eigenvalue weighted by Crippen LogP contribution is -2.32. The third-order valence-electron chi connectivity index (χ3n) is 5.11. The van der Waals surface area contributed by atoms with Crippen LogP contribution in [0.25, 0.3) is 22.5 Å². The molecule has 8 nitrogen and oxygen atoms in total. The molecule has 4 aromatic rings. The van der Waals surface area contributed by atoms with Crippen molar-refractivity contribution in [2.45, 2.75) is 6.54 Å². The van der Waals surface area contributed by atoms with Crippen LogP contribution in [-0.4, -0.2) is 39.1 Å². The summed E-state index contributed by atoms with van der Waals surface area (Å²) in [6.07, 6.45) is 0. The van der Waals surface area contributed by atoms with Gasteiger partial charge in [-0.25, -0.2) is 9.07 Å². The molecule has 0 aliphatic heterocycles. The molecular formula is C24H22FN5O3. The zero-order valence-electron chi connectivity index (χ0n) is 18.2. The van der Waals surface area contributed by atoms with E-state index in [9.17, 15) is 14.0 Å². The van der Waals surface area contributed by atoms with Gasteiger partial charge in [-0.1, -0.05) is 0 Å². The molecule has 9 heteroatoms. The Balaban J connectivity index is 1.42. The number of methoxy groups -OCH3 is 1. The van der Waals surface area contributed by atoms with Crippen molar-refractivity contribution in [1.82, 2.24) is 24.9 Å². The van der Waals surface area contributed by atoms with Crippen molar-refractivity contribution in [2.24, 2.45) is 7.05 Å². The second kappa shape index (κ2) is 9.47. The Bertz CT molecular complexity index is 1330. The molecule has 0 atom stereocenters. The summed E-state index contributed by atoms with van der Waals surface area (Å²) >= 11 is 0. The van der Waals surface area contributed by atoms with Crippen molar-refractivity contribution in [2.75, 3.05) is 13.7 Å². The number of carbonyl (C=O) groups excluding carboxylic acids is 1. The highest BCUT2D eigenvalue weighted by molar-refractivity contribution is 5.93. The van der Waals surface area contributed by atoms with Crippen LogP contribution in [0.15, 0.2) is 71.5 Å². The van der Waals surface area contributed by atoms with Crippen LogP contribution in [0.3, 0.4) is 0 Å². The summed E-state index contributed by atoms with van der Waals surface area (Å²) in [6, 6.07) is 18.0. The topological polar surface area (TPSA) is 91.0 Å². The molecule has 0 saturated heterocycles. The Morgan fingerprint density at radius 3 is 2.33 bits per heavy atom. The average molecular weight is 447 g/mol. The fourth-order valence-electron chi connectivity index (χ4n) is 3.33. The highest BCUT2D eigenvalue weighted by Crippen LogP contribution is 2.20. The van der Waals surface area contributed by atoms with Crippen LogP contribution in [-0.2, 0) is 13.6 Å². The number of ether oxygens (including phenoxy) is 1.